The molecule has 1 rings (SSSR count). The van der Waals surface area contributed by atoms with Crippen LogP contribution >= 0.6 is 15.9 Å². The van der Waals surface area contributed by atoms with E-state index in [9.17, 15) is 9.59 Å². The van der Waals surface area contributed by atoms with Crippen molar-refractivity contribution in [3.63, 3.8) is 0 Å². The Morgan fingerprint density at radius 3 is 2.83 bits per heavy atom. The molecule has 12 heavy (non-hydrogen) atoms. The van der Waals surface area contributed by atoms with Crippen molar-refractivity contribution in [2.24, 2.45) is 5.92 Å². The molecule has 0 bridgehead atoms. The summed E-state index contributed by atoms with van der Waals surface area (Å²) in [5.74, 6) is -0.725. The highest BCUT2D eigenvalue weighted by atomic mass is 79.9. The number of carboxylic acid groups (broad SMARTS) is 1. The van der Waals surface area contributed by atoms with Crippen LogP contribution in [0.25, 0.3) is 0 Å². The van der Waals surface area contributed by atoms with E-state index < -0.39 is 5.97 Å². The summed E-state index contributed by atoms with van der Waals surface area (Å²) in [6, 6.07) is 0. The molecule has 0 aromatic heterocycles. The van der Waals surface area contributed by atoms with Crippen molar-refractivity contribution >= 4 is 27.8 Å². The Hall–Kier alpha value is -0.580. The first-order chi connectivity index (χ1) is 5.63. The predicted octanol–water partition coefficient (Wildman–Crippen LogP) is 0.314. The van der Waals surface area contributed by atoms with E-state index in [0.717, 1.165) is 5.33 Å². The van der Waals surface area contributed by atoms with E-state index in [0.29, 0.717) is 13.0 Å². The average Bonchev–Trinajstić information content (AvgIpc) is 2.31. The maximum Gasteiger partial charge on any atom is 0.323 e. The lowest BCUT2D eigenvalue weighted by Gasteiger charge is -2.12. The predicted molar refractivity (Wildman–Crippen MR) is 46.1 cm³/mol. The second-order valence-corrected chi connectivity index (χ2v) is 3.54. The summed E-state index contributed by atoms with van der Waals surface area (Å²) in [4.78, 5) is 22.8. The topological polar surface area (TPSA) is 57.6 Å². The Labute approximate surface area is 78.7 Å². The molecule has 68 valence electrons. The Morgan fingerprint density at radius 2 is 2.42 bits per heavy atom. The molecule has 1 amide bonds. The first-order valence-electron chi connectivity index (χ1n) is 3.69. The summed E-state index contributed by atoms with van der Waals surface area (Å²) in [5, 5.41) is 9.20. The first-order valence-corrected chi connectivity index (χ1v) is 4.81. The average molecular weight is 236 g/mol. The van der Waals surface area contributed by atoms with E-state index in [4.69, 9.17) is 5.11 Å². The molecule has 5 heteroatoms. The van der Waals surface area contributed by atoms with Crippen LogP contribution in [0.4, 0.5) is 0 Å². The standard InChI is InChI=1S/C7H10BrNO3/c8-2-5-1-6(10)9(3-5)4-7(11)12/h5H,1-4H2,(H,11,12). The van der Waals surface area contributed by atoms with Gasteiger partial charge in [0.25, 0.3) is 0 Å². The maximum atomic E-state index is 11.1. The Balaban J connectivity index is 2.46. The molecule has 1 aliphatic heterocycles. The van der Waals surface area contributed by atoms with E-state index in [2.05, 4.69) is 15.9 Å². The summed E-state index contributed by atoms with van der Waals surface area (Å²) in [6.07, 6.45) is 0.471. The maximum absolute atomic E-state index is 11.1. The van der Waals surface area contributed by atoms with Crippen molar-refractivity contribution in [3.8, 4) is 0 Å². The molecule has 0 saturated carbocycles. The highest BCUT2D eigenvalue weighted by molar-refractivity contribution is 9.09. The summed E-state index contributed by atoms with van der Waals surface area (Å²) < 4.78 is 0. The smallest absolute Gasteiger partial charge is 0.323 e. The van der Waals surface area contributed by atoms with E-state index in [1.807, 2.05) is 0 Å². The molecule has 0 spiro atoms. The van der Waals surface area contributed by atoms with Gasteiger partial charge in [-0.05, 0) is 5.92 Å². The number of carbonyl (C=O) groups excluding carboxylic acids is 1. The molecule has 1 N–H and O–H groups in total. The van der Waals surface area contributed by atoms with Gasteiger partial charge in [0.2, 0.25) is 5.91 Å². The summed E-state index contributed by atoms with van der Waals surface area (Å²) in [5.41, 5.74) is 0. The van der Waals surface area contributed by atoms with Crippen LogP contribution in [0, 0.1) is 5.92 Å². The van der Waals surface area contributed by atoms with Gasteiger partial charge < -0.3 is 10.0 Å². The largest absolute Gasteiger partial charge is 0.480 e. The number of hydrogen-bond donors (Lipinski definition) is 1. The molecule has 1 unspecified atom stereocenters. The van der Waals surface area contributed by atoms with Crippen LogP contribution in [0.2, 0.25) is 0 Å². The summed E-state index contributed by atoms with van der Waals surface area (Å²) >= 11 is 3.27. The zero-order chi connectivity index (χ0) is 9.14. The number of likely N-dealkylation sites (tertiary alicyclic amines) is 1. The van der Waals surface area contributed by atoms with Gasteiger partial charge in [0.1, 0.15) is 6.54 Å². The normalized spacial score (nSPS) is 23.2. The first kappa shape index (κ1) is 9.51. The zero-order valence-electron chi connectivity index (χ0n) is 6.49. The lowest BCUT2D eigenvalue weighted by atomic mass is 10.2. The van der Waals surface area contributed by atoms with Gasteiger partial charge >= 0.3 is 5.97 Å². The molecule has 0 aromatic carbocycles. The Kier molecular flexibility index (Phi) is 3.08. The second kappa shape index (κ2) is 3.89. The number of amides is 1. The minimum atomic E-state index is -0.946. The van der Waals surface area contributed by atoms with Crippen molar-refractivity contribution in [2.45, 2.75) is 6.42 Å². The van der Waals surface area contributed by atoms with Crippen LogP contribution in [0.1, 0.15) is 6.42 Å². The third-order valence-electron chi connectivity index (χ3n) is 1.84. The molecule has 0 radical (unpaired) electrons. The van der Waals surface area contributed by atoms with Gasteiger partial charge in [-0.2, -0.15) is 0 Å². The number of halogens is 1. The molecule has 4 nitrogen and oxygen atoms in total. The Morgan fingerprint density at radius 1 is 1.75 bits per heavy atom. The molecule has 1 atom stereocenters. The number of hydrogen-bond acceptors (Lipinski definition) is 2. The number of carboxylic acids is 1. The van der Waals surface area contributed by atoms with Crippen molar-refractivity contribution < 1.29 is 14.7 Å². The highest BCUT2D eigenvalue weighted by Crippen LogP contribution is 2.18. The molecular weight excluding hydrogens is 226 g/mol. The van der Waals surface area contributed by atoms with Gasteiger partial charge in [-0.3, -0.25) is 9.59 Å². The van der Waals surface area contributed by atoms with Crippen molar-refractivity contribution in [2.75, 3.05) is 18.4 Å². The fourth-order valence-electron chi connectivity index (χ4n) is 1.27. The van der Waals surface area contributed by atoms with Crippen molar-refractivity contribution in [1.29, 1.82) is 0 Å². The van der Waals surface area contributed by atoms with Crippen molar-refractivity contribution in [1.82, 2.24) is 4.90 Å². The fourth-order valence-corrected chi connectivity index (χ4v) is 1.71. The van der Waals surface area contributed by atoms with Crippen LogP contribution < -0.4 is 0 Å². The van der Waals surface area contributed by atoms with Crippen LogP contribution in [-0.4, -0.2) is 40.3 Å². The zero-order valence-corrected chi connectivity index (χ0v) is 8.08. The van der Waals surface area contributed by atoms with Crippen LogP contribution in [-0.2, 0) is 9.59 Å². The monoisotopic (exact) mass is 235 g/mol. The third kappa shape index (κ3) is 2.20. The van der Waals surface area contributed by atoms with Gasteiger partial charge in [0.05, 0.1) is 0 Å². The lowest BCUT2D eigenvalue weighted by Crippen LogP contribution is -2.31. The summed E-state index contributed by atoms with van der Waals surface area (Å²) in [6.45, 7) is 0.402. The van der Waals surface area contributed by atoms with Gasteiger partial charge in [-0.1, -0.05) is 15.9 Å². The SMILES string of the molecule is O=C(O)CN1CC(CBr)CC1=O. The number of alkyl halides is 1. The number of nitrogens with zero attached hydrogens (tertiary/aromatic N) is 1. The third-order valence-corrected chi connectivity index (χ3v) is 2.75. The second-order valence-electron chi connectivity index (χ2n) is 2.89. The quantitative estimate of drug-likeness (QED) is 0.717. The molecule has 0 aliphatic carbocycles. The summed E-state index contributed by atoms with van der Waals surface area (Å²) in [7, 11) is 0. The number of aliphatic carboxylic acids is 1. The highest BCUT2D eigenvalue weighted by Gasteiger charge is 2.29. The van der Waals surface area contributed by atoms with E-state index in [-0.39, 0.29) is 18.4 Å². The lowest BCUT2D eigenvalue weighted by molar-refractivity contribution is -0.142. The minimum absolute atomic E-state index is 0.0538. The van der Waals surface area contributed by atoms with Crippen LogP contribution in [0.5, 0.6) is 0 Å². The van der Waals surface area contributed by atoms with Crippen molar-refractivity contribution in [3.05, 3.63) is 0 Å². The van der Waals surface area contributed by atoms with Crippen LogP contribution in [0.15, 0.2) is 0 Å². The van der Waals surface area contributed by atoms with Gasteiger partial charge in [-0.25, -0.2) is 0 Å². The number of carbonyl (C=O) groups is 2. The minimum Gasteiger partial charge on any atom is -0.480 e. The van der Waals surface area contributed by atoms with Gasteiger partial charge in [0, 0.05) is 18.3 Å². The molecule has 1 aliphatic rings. The molecular formula is C7H10BrNO3. The van der Waals surface area contributed by atoms with E-state index >= 15 is 0 Å². The number of rotatable bonds is 3. The molecule has 1 saturated heterocycles. The fraction of sp³-hybridized carbons (Fsp3) is 0.714. The van der Waals surface area contributed by atoms with E-state index in [1.165, 1.54) is 4.90 Å². The van der Waals surface area contributed by atoms with Crippen LogP contribution in [0.3, 0.4) is 0 Å². The van der Waals surface area contributed by atoms with Gasteiger partial charge in [0.15, 0.2) is 0 Å². The Bertz CT molecular complexity index is 207. The van der Waals surface area contributed by atoms with E-state index in [1.54, 1.807) is 0 Å². The molecule has 1 fully saturated rings. The molecule has 1 heterocycles. The van der Waals surface area contributed by atoms with Gasteiger partial charge in [-0.15, -0.1) is 0 Å². The molecule has 0 aromatic rings.